The van der Waals surface area contributed by atoms with E-state index in [1.54, 1.807) is 6.07 Å². The molecule has 0 amide bonds. The van der Waals surface area contributed by atoms with E-state index in [1.807, 2.05) is 18.2 Å². The van der Waals surface area contributed by atoms with Gasteiger partial charge >= 0.3 is 0 Å². The van der Waals surface area contributed by atoms with Crippen molar-refractivity contribution in [2.75, 3.05) is 0 Å². The summed E-state index contributed by atoms with van der Waals surface area (Å²) in [5, 5.41) is 1.16. The summed E-state index contributed by atoms with van der Waals surface area (Å²) in [6, 6.07) is 8.74. The van der Waals surface area contributed by atoms with Gasteiger partial charge in [-0.2, -0.15) is 0 Å². The van der Waals surface area contributed by atoms with Gasteiger partial charge in [-0.05, 0) is 48.3 Å². The van der Waals surface area contributed by atoms with Gasteiger partial charge in [0.25, 0.3) is 0 Å². The van der Waals surface area contributed by atoms with E-state index in [4.69, 9.17) is 23.2 Å². The van der Waals surface area contributed by atoms with Gasteiger partial charge in [0, 0.05) is 16.1 Å². The zero-order chi connectivity index (χ0) is 19.3. The molecule has 3 nitrogen and oxygen atoms in total. The molecule has 26 heavy (non-hydrogen) atoms. The highest BCUT2D eigenvalue weighted by atomic mass is 35.5. The third kappa shape index (κ3) is 5.35. The monoisotopic (exact) mass is 415 g/mol. The number of rotatable bonds is 9. The van der Waals surface area contributed by atoms with Crippen LogP contribution in [0, 0.1) is 0 Å². The van der Waals surface area contributed by atoms with Crippen molar-refractivity contribution in [3.8, 4) is 0 Å². The third-order valence-corrected chi connectivity index (χ3v) is 6.16. The number of hydrogen-bond acceptors (Lipinski definition) is 3. The van der Waals surface area contributed by atoms with Gasteiger partial charge in [0.1, 0.15) is 10.1 Å². The topological polar surface area (TPSA) is 57.2 Å². The van der Waals surface area contributed by atoms with Gasteiger partial charge in [0.15, 0.2) is 0 Å². The molecule has 6 heteroatoms. The van der Waals surface area contributed by atoms with Crippen molar-refractivity contribution >= 4 is 44.1 Å². The normalized spacial score (nSPS) is 14.5. The molecule has 0 saturated heterocycles. The Bertz CT molecular complexity index is 850. The molecule has 2 atom stereocenters. The smallest absolute Gasteiger partial charge is 0.125 e. The lowest BCUT2D eigenvalue weighted by molar-refractivity contribution is 0.464. The molecule has 0 saturated carbocycles. The van der Waals surface area contributed by atoms with E-state index < -0.39 is 10.1 Å². The molecule has 2 rings (SSSR count). The van der Waals surface area contributed by atoms with Crippen LogP contribution in [0.2, 0.25) is 0 Å². The zero-order valence-electron chi connectivity index (χ0n) is 15.2. The van der Waals surface area contributed by atoms with Crippen LogP contribution >= 0.6 is 23.2 Å². The molecular weight excluding hydrogens is 391 g/mol. The zero-order valence-corrected chi connectivity index (χ0v) is 17.5. The minimum atomic E-state index is -4.58. The first-order valence-electron chi connectivity index (χ1n) is 9.05. The van der Waals surface area contributed by atoms with Crippen LogP contribution in [0.15, 0.2) is 35.2 Å². The number of fused-ring (bicyclic) bond motifs is 1. The molecule has 0 aromatic heterocycles. The average molecular weight is 416 g/mol. The summed E-state index contributed by atoms with van der Waals surface area (Å²) in [7, 11) is -4.58. The summed E-state index contributed by atoms with van der Waals surface area (Å²) in [5.41, 5.74) is 1.76. The van der Waals surface area contributed by atoms with Gasteiger partial charge in [-0.15, -0.1) is 23.2 Å². The van der Waals surface area contributed by atoms with Crippen LogP contribution < -0.4 is 0 Å². The maximum atomic E-state index is 11.8. The molecule has 0 radical (unpaired) electrons. The second kappa shape index (κ2) is 9.41. The largest absolute Gasteiger partial charge is 0.744 e. The van der Waals surface area contributed by atoms with Crippen molar-refractivity contribution in [3.63, 3.8) is 0 Å². The molecule has 0 fully saturated rings. The number of benzene rings is 2. The molecule has 0 aliphatic carbocycles. The fourth-order valence-corrected chi connectivity index (χ4v) is 4.87. The van der Waals surface area contributed by atoms with Gasteiger partial charge in [0.05, 0.1) is 4.90 Å². The summed E-state index contributed by atoms with van der Waals surface area (Å²) < 4.78 is 35.5. The minimum Gasteiger partial charge on any atom is -0.744 e. The molecule has 0 heterocycles. The lowest BCUT2D eigenvalue weighted by Crippen LogP contribution is -2.09. The van der Waals surface area contributed by atoms with Crippen molar-refractivity contribution in [1.82, 2.24) is 0 Å². The Hall–Kier alpha value is -0.810. The highest BCUT2D eigenvalue weighted by Gasteiger charge is 2.17. The summed E-state index contributed by atoms with van der Waals surface area (Å²) in [6.45, 7) is 4.13. The second-order valence-corrected chi connectivity index (χ2v) is 9.28. The van der Waals surface area contributed by atoms with Crippen LogP contribution in [-0.4, -0.2) is 23.7 Å². The van der Waals surface area contributed by atoms with E-state index >= 15 is 0 Å². The van der Waals surface area contributed by atoms with Crippen LogP contribution in [0.5, 0.6) is 0 Å². The van der Waals surface area contributed by atoms with E-state index in [2.05, 4.69) is 13.8 Å². The predicted octanol–water partition coefficient (Wildman–Crippen LogP) is 5.64. The molecule has 0 aliphatic rings. The van der Waals surface area contributed by atoms with E-state index in [1.165, 1.54) is 6.07 Å². The average Bonchev–Trinajstić information content (AvgIpc) is 2.55. The SMILES string of the molecule is CCCC(Cl)Cc1ccc(S(=O)(=O)[O-])c2c(CC(Cl)CCC)cccc12. The molecular formula is C20H25Cl2O3S-. The molecule has 0 aliphatic heterocycles. The molecule has 0 bridgehead atoms. The van der Waals surface area contributed by atoms with E-state index in [0.717, 1.165) is 42.2 Å². The molecule has 2 aromatic carbocycles. The molecule has 0 spiro atoms. The van der Waals surface area contributed by atoms with Crippen LogP contribution in [-0.2, 0) is 23.0 Å². The Balaban J connectivity index is 2.62. The summed E-state index contributed by atoms with van der Waals surface area (Å²) in [4.78, 5) is -0.172. The number of hydrogen-bond donors (Lipinski definition) is 0. The highest BCUT2D eigenvalue weighted by molar-refractivity contribution is 7.86. The van der Waals surface area contributed by atoms with Gasteiger partial charge in [0.2, 0.25) is 0 Å². The quantitative estimate of drug-likeness (QED) is 0.392. The number of halogens is 2. The number of alkyl halides is 2. The van der Waals surface area contributed by atoms with E-state index in [0.29, 0.717) is 18.2 Å². The predicted molar refractivity (Wildman–Crippen MR) is 108 cm³/mol. The summed E-state index contributed by atoms with van der Waals surface area (Å²) in [5.74, 6) is 0. The van der Waals surface area contributed by atoms with Gasteiger partial charge in [-0.25, -0.2) is 8.42 Å². The van der Waals surface area contributed by atoms with Crippen molar-refractivity contribution < 1.29 is 13.0 Å². The summed E-state index contributed by atoms with van der Waals surface area (Å²) in [6.07, 6.45) is 4.80. The highest BCUT2D eigenvalue weighted by Crippen LogP contribution is 2.32. The summed E-state index contributed by atoms with van der Waals surface area (Å²) >= 11 is 12.8. The maximum Gasteiger partial charge on any atom is 0.125 e. The first-order valence-corrected chi connectivity index (χ1v) is 11.3. The molecule has 0 N–H and O–H groups in total. The fraction of sp³-hybridized carbons (Fsp3) is 0.500. The third-order valence-electron chi connectivity index (χ3n) is 4.53. The second-order valence-electron chi connectivity index (χ2n) is 6.70. The van der Waals surface area contributed by atoms with Crippen LogP contribution in [0.25, 0.3) is 10.8 Å². The van der Waals surface area contributed by atoms with Gasteiger partial charge < -0.3 is 4.55 Å². The van der Waals surface area contributed by atoms with Crippen LogP contribution in [0.3, 0.4) is 0 Å². The lowest BCUT2D eigenvalue weighted by atomic mass is 9.94. The Morgan fingerprint density at radius 2 is 1.50 bits per heavy atom. The Morgan fingerprint density at radius 1 is 0.923 bits per heavy atom. The van der Waals surface area contributed by atoms with Crippen molar-refractivity contribution in [3.05, 3.63) is 41.5 Å². The van der Waals surface area contributed by atoms with Crippen molar-refractivity contribution in [2.24, 2.45) is 0 Å². The Kier molecular flexibility index (Phi) is 7.77. The molecule has 2 aromatic rings. The first kappa shape index (κ1) is 21.5. The first-order chi connectivity index (χ1) is 12.3. The Labute approximate surface area is 166 Å². The van der Waals surface area contributed by atoms with Crippen molar-refractivity contribution in [1.29, 1.82) is 0 Å². The standard InChI is InChI=1S/C20H26Cl2O3S/c1-3-6-16(21)12-14-10-11-19(26(23,24)25)20-15(8-5-9-18(14)20)13-17(22)7-4-2/h5,8-11,16-17H,3-4,6-7,12-13H2,1-2H3,(H,23,24,25)/p-1. The fourth-order valence-electron chi connectivity index (χ4n) is 3.37. The van der Waals surface area contributed by atoms with Gasteiger partial charge in [-0.3, -0.25) is 0 Å². The van der Waals surface area contributed by atoms with Crippen LogP contribution in [0.1, 0.15) is 50.7 Å². The van der Waals surface area contributed by atoms with Crippen LogP contribution in [0.4, 0.5) is 0 Å². The molecule has 2 unspecified atom stereocenters. The lowest BCUT2D eigenvalue weighted by Gasteiger charge is -2.19. The van der Waals surface area contributed by atoms with Crippen molar-refractivity contribution in [2.45, 2.75) is 68.0 Å². The maximum absolute atomic E-state index is 11.8. The van der Waals surface area contributed by atoms with E-state index in [9.17, 15) is 13.0 Å². The van der Waals surface area contributed by atoms with Gasteiger partial charge in [-0.1, -0.05) is 51.0 Å². The molecule has 144 valence electrons. The van der Waals surface area contributed by atoms with E-state index in [-0.39, 0.29) is 15.6 Å². The minimum absolute atomic E-state index is 0.0255. The Morgan fingerprint density at radius 3 is 2.04 bits per heavy atom.